The third-order valence-electron chi connectivity index (χ3n) is 4.73. The molecule has 0 aromatic heterocycles. The highest BCUT2D eigenvalue weighted by Crippen LogP contribution is 2.47. The quantitative estimate of drug-likeness (QED) is 0.838. The van der Waals surface area contributed by atoms with Gasteiger partial charge in [0.1, 0.15) is 6.04 Å². The van der Waals surface area contributed by atoms with Crippen LogP contribution in [0.4, 0.5) is 0 Å². The Bertz CT molecular complexity index is 450. The van der Waals surface area contributed by atoms with Crippen LogP contribution < -0.4 is 0 Å². The van der Waals surface area contributed by atoms with Gasteiger partial charge in [0.15, 0.2) is 0 Å². The highest BCUT2D eigenvalue weighted by atomic mass is 32.2. The molecule has 5 nitrogen and oxygen atoms in total. The second-order valence-corrected chi connectivity index (χ2v) is 7.94. The Hall–Kier alpha value is -0.750. The van der Waals surface area contributed by atoms with Crippen molar-refractivity contribution in [1.29, 1.82) is 0 Å². The second-order valence-electron chi connectivity index (χ2n) is 6.43. The van der Waals surface area contributed by atoms with Crippen molar-refractivity contribution < 1.29 is 14.7 Å². The van der Waals surface area contributed by atoms with Crippen molar-refractivity contribution in [2.24, 2.45) is 0 Å². The molecule has 0 aliphatic carbocycles. The van der Waals surface area contributed by atoms with E-state index in [0.717, 1.165) is 19.3 Å². The Morgan fingerprint density at radius 1 is 1.50 bits per heavy atom. The maximum absolute atomic E-state index is 12.6. The molecule has 0 radical (unpaired) electrons. The fourth-order valence-electron chi connectivity index (χ4n) is 3.66. The van der Waals surface area contributed by atoms with Crippen LogP contribution in [0.15, 0.2) is 0 Å². The molecule has 2 unspecified atom stereocenters. The summed E-state index contributed by atoms with van der Waals surface area (Å²) in [6, 6.07) is -0.328. The lowest BCUT2D eigenvalue weighted by molar-refractivity contribution is -0.163. The van der Waals surface area contributed by atoms with E-state index in [0.29, 0.717) is 25.3 Å². The molecule has 3 saturated heterocycles. The van der Waals surface area contributed by atoms with Crippen molar-refractivity contribution in [3.05, 3.63) is 0 Å². The summed E-state index contributed by atoms with van der Waals surface area (Å²) in [7, 11) is 0. The van der Waals surface area contributed by atoms with Crippen molar-refractivity contribution in [3.8, 4) is 0 Å². The minimum atomic E-state index is -0.700. The number of aliphatic hydroxyl groups is 1. The molecule has 3 rings (SSSR count). The van der Waals surface area contributed by atoms with Gasteiger partial charge in [-0.25, -0.2) is 0 Å². The lowest BCUT2D eigenvalue weighted by Gasteiger charge is -2.48. The van der Waals surface area contributed by atoms with Crippen molar-refractivity contribution in [2.45, 2.75) is 56.0 Å². The van der Waals surface area contributed by atoms with Crippen LogP contribution in [0.1, 0.15) is 39.5 Å². The third-order valence-corrected chi connectivity index (χ3v) is 6.23. The molecule has 3 heterocycles. The molecule has 0 bridgehead atoms. The molecule has 20 heavy (non-hydrogen) atoms. The SMILES string of the molecule is CCCC1(O)CN(C(=O)C2CSC3(C)CCC(=O)N23)C1. The number of fused-ring (bicyclic) bond motifs is 1. The van der Waals surface area contributed by atoms with Crippen LogP contribution in [0.3, 0.4) is 0 Å². The summed E-state index contributed by atoms with van der Waals surface area (Å²) >= 11 is 1.71. The minimum absolute atomic E-state index is 0.0113. The lowest BCUT2D eigenvalue weighted by atomic mass is 9.88. The molecule has 0 aromatic rings. The topological polar surface area (TPSA) is 60.9 Å². The standard InChI is InChI=1S/C14H22N2O3S/c1-3-5-14(19)8-15(9-14)12(18)10-7-20-13(2)6-4-11(17)16(10)13/h10,19H,3-9H2,1-2H3. The Kier molecular flexibility index (Phi) is 3.29. The van der Waals surface area contributed by atoms with Crippen LogP contribution >= 0.6 is 11.8 Å². The number of amides is 2. The first-order valence-electron chi connectivity index (χ1n) is 7.36. The van der Waals surface area contributed by atoms with Gasteiger partial charge in [0.25, 0.3) is 0 Å². The predicted molar refractivity (Wildman–Crippen MR) is 77.2 cm³/mol. The van der Waals surface area contributed by atoms with Gasteiger partial charge in [-0.1, -0.05) is 13.3 Å². The maximum atomic E-state index is 12.6. The van der Waals surface area contributed by atoms with Gasteiger partial charge in [0, 0.05) is 12.2 Å². The van der Waals surface area contributed by atoms with Crippen LogP contribution in [0, 0.1) is 0 Å². The fourth-order valence-corrected chi connectivity index (χ4v) is 5.08. The number of rotatable bonds is 3. The van der Waals surface area contributed by atoms with Gasteiger partial charge in [-0.05, 0) is 19.8 Å². The molecule has 0 aromatic carbocycles. The third kappa shape index (κ3) is 2.04. The van der Waals surface area contributed by atoms with Gasteiger partial charge in [-0.2, -0.15) is 0 Å². The van der Waals surface area contributed by atoms with E-state index in [1.165, 1.54) is 0 Å². The van der Waals surface area contributed by atoms with Crippen molar-refractivity contribution in [3.63, 3.8) is 0 Å². The Morgan fingerprint density at radius 2 is 2.20 bits per heavy atom. The molecule has 6 heteroatoms. The molecule has 3 fully saturated rings. The van der Waals surface area contributed by atoms with E-state index in [9.17, 15) is 14.7 Å². The second kappa shape index (κ2) is 4.63. The number of β-amino-alcohol motifs (C(OH)–C–C–N with tert-alkyl or cyclic N) is 1. The van der Waals surface area contributed by atoms with Crippen LogP contribution in [0.2, 0.25) is 0 Å². The molecule has 2 amide bonds. The Labute approximate surface area is 123 Å². The van der Waals surface area contributed by atoms with Gasteiger partial charge < -0.3 is 14.9 Å². The van der Waals surface area contributed by atoms with Gasteiger partial charge in [-0.15, -0.1) is 11.8 Å². The van der Waals surface area contributed by atoms with E-state index in [1.807, 2.05) is 6.92 Å². The van der Waals surface area contributed by atoms with Crippen molar-refractivity contribution in [1.82, 2.24) is 9.80 Å². The van der Waals surface area contributed by atoms with Gasteiger partial charge in [0.05, 0.1) is 23.6 Å². The summed E-state index contributed by atoms with van der Waals surface area (Å²) in [6.45, 7) is 4.92. The summed E-state index contributed by atoms with van der Waals surface area (Å²) in [6.07, 6.45) is 3.03. The van der Waals surface area contributed by atoms with Gasteiger partial charge >= 0.3 is 0 Å². The Morgan fingerprint density at radius 3 is 2.85 bits per heavy atom. The number of thioether (sulfide) groups is 1. The van der Waals surface area contributed by atoms with Crippen LogP contribution in [-0.4, -0.2) is 62.1 Å². The molecule has 1 N–H and O–H groups in total. The average molecular weight is 298 g/mol. The van der Waals surface area contributed by atoms with Gasteiger partial charge in [0.2, 0.25) is 11.8 Å². The summed E-state index contributed by atoms with van der Waals surface area (Å²) in [5, 5.41) is 10.2. The zero-order chi connectivity index (χ0) is 14.5. The summed E-state index contributed by atoms with van der Waals surface area (Å²) in [5.74, 6) is 0.793. The highest BCUT2D eigenvalue weighted by molar-refractivity contribution is 8.01. The molecular formula is C14H22N2O3S. The summed E-state index contributed by atoms with van der Waals surface area (Å²) in [4.78, 5) is 27.9. The predicted octanol–water partition coefficient (Wildman–Crippen LogP) is 0.814. The first-order chi connectivity index (χ1) is 9.38. The molecular weight excluding hydrogens is 276 g/mol. The van der Waals surface area contributed by atoms with Crippen molar-refractivity contribution >= 4 is 23.6 Å². The van der Waals surface area contributed by atoms with Crippen LogP contribution in [-0.2, 0) is 9.59 Å². The Balaban J connectivity index is 1.66. The molecule has 3 aliphatic heterocycles. The first kappa shape index (κ1) is 14.2. The van der Waals surface area contributed by atoms with E-state index in [4.69, 9.17) is 0 Å². The minimum Gasteiger partial charge on any atom is -0.386 e. The number of carbonyl (C=O) groups is 2. The number of hydrogen-bond acceptors (Lipinski definition) is 4. The number of carbonyl (C=O) groups excluding carboxylic acids is 2. The van der Waals surface area contributed by atoms with Crippen LogP contribution in [0.25, 0.3) is 0 Å². The first-order valence-corrected chi connectivity index (χ1v) is 8.34. The largest absolute Gasteiger partial charge is 0.386 e. The number of nitrogens with zero attached hydrogens (tertiary/aromatic N) is 2. The van der Waals surface area contributed by atoms with E-state index in [1.54, 1.807) is 21.6 Å². The molecule has 2 atom stereocenters. The molecule has 3 aliphatic rings. The summed E-state index contributed by atoms with van der Waals surface area (Å²) in [5.41, 5.74) is -0.700. The zero-order valence-electron chi connectivity index (χ0n) is 12.1. The molecule has 0 saturated carbocycles. The van der Waals surface area contributed by atoms with Crippen LogP contribution in [0.5, 0.6) is 0 Å². The smallest absolute Gasteiger partial charge is 0.246 e. The van der Waals surface area contributed by atoms with Gasteiger partial charge in [-0.3, -0.25) is 9.59 Å². The van der Waals surface area contributed by atoms with E-state index < -0.39 is 5.60 Å². The zero-order valence-corrected chi connectivity index (χ0v) is 12.9. The monoisotopic (exact) mass is 298 g/mol. The lowest BCUT2D eigenvalue weighted by Crippen LogP contribution is -2.66. The van der Waals surface area contributed by atoms with E-state index >= 15 is 0 Å². The van der Waals surface area contributed by atoms with E-state index in [-0.39, 0.29) is 22.7 Å². The molecule has 0 spiro atoms. The normalized spacial score (nSPS) is 35.1. The van der Waals surface area contributed by atoms with E-state index in [2.05, 4.69) is 6.92 Å². The maximum Gasteiger partial charge on any atom is 0.246 e. The highest BCUT2D eigenvalue weighted by Gasteiger charge is 2.55. The average Bonchev–Trinajstić information content (AvgIpc) is 2.83. The fraction of sp³-hybridized carbons (Fsp3) is 0.857. The molecule has 112 valence electrons. The summed E-state index contributed by atoms with van der Waals surface area (Å²) < 4.78 is 0. The number of hydrogen-bond donors (Lipinski definition) is 1. The number of likely N-dealkylation sites (tertiary alicyclic amines) is 1. The van der Waals surface area contributed by atoms with Crippen molar-refractivity contribution in [2.75, 3.05) is 18.8 Å².